The van der Waals surface area contributed by atoms with Crippen molar-refractivity contribution in [3.63, 3.8) is 0 Å². The third kappa shape index (κ3) is 2.62. The first kappa shape index (κ1) is 11.6. The SMILES string of the molecule is O=C(c1ccncc1Cl)C1CCCCCC1. The zero-order valence-corrected chi connectivity index (χ0v) is 10.0. The summed E-state index contributed by atoms with van der Waals surface area (Å²) in [6, 6.07) is 1.73. The van der Waals surface area contributed by atoms with Crippen molar-refractivity contribution in [3.05, 3.63) is 29.0 Å². The summed E-state index contributed by atoms with van der Waals surface area (Å²) in [4.78, 5) is 16.2. The molecule has 0 N–H and O–H groups in total. The van der Waals surface area contributed by atoms with Crippen molar-refractivity contribution in [1.82, 2.24) is 4.98 Å². The molecule has 16 heavy (non-hydrogen) atoms. The van der Waals surface area contributed by atoms with Gasteiger partial charge in [-0.1, -0.05) is 37.3 Å². The second-order valence-corrected chi connectivity index (χ2v) is 4.82. The number of ketones is 1. The van der Waals surface area contributed by atoms with Crippen LogP contribution in [0.5, 0.6) is 0 Å². The minimum absolute atomic E-state index is 0.169. The highest BCUT2D eigenvalue weighted by Crippen LogP contribution is 2.28. The Bertz CT molecular complexity index is 370. The highest BCUT2D eigenvalue weighted by Gasteiger charge is 2.22. The Hall–Kier alpha value is -0.890. The van der Waals surface area contributed by atoms with Crippen molar-refractivity contribution in [1.29, 1.82) is 0 Å². The molecule has 0 saturated heterocycles. The fourth-order valence-corrected chi connectivity index (χ4v) is 2.55. The molecule has 1 aliphatic carbocycles. The number of carbonyl (C=O) groups is 1. The van der Waals surface area contributed by atoms with E-state index in [0.717, 1.165) is 12.8 Å². The predicted octanol–water partition coefficient (Wildman–Crippen LogP) is 3.89. The molecule has 1 aliphatic rings. The molecular formula is C13H16ClNO. The monoisotopic (exact) mass is 237 g/mol. The van der Waals surface area contributed by atoms with Crippen LogP contribution in [-0.4, -0.2) is 10.8 Å². The molecule has 0 atom stereocenters. The van der Waals surface area contributed by atoms with Gasteiger partial charge in [0, 0.05) is 23.9 Å². The van der Waals surface area contributed by atoms with Crippen molar-refractivity contribution in [2.24, 2.45) is 5.92 Å². The number of hydrogen-bond acceptors (Lipinski definition) is 2. The second kappa shape index (κ2) is 5.44. The van der Waals surface area contributed by atoms with E-state index in [0.29, 0.717) is 10.6 Å². The van der Waals surface area contributed by atoms with Crippen molar-refractivity contribution >= 4 is 17.4 Å². The molecule has 2 nitrogen and oxygen atoms in total. The summed E-state index contributed by atoms with van der Waals surface area (Å²) in [5.41, 5.74) is 0.642. The van der Waals surface area contributed by atoms with Crippen LogP contribution in [0.15, 0.2) is 18.5 Å². The molecule has 1 heterocycles. The van der Waals surface area contributed by atoms with Gasteiger partial charge in [-0.2, -0.15) is 0 Å². The molecule has 0 spiro atoms. The maximum atomic E-state index is 12.3. The molecule has 3 heteroatoms. The zero-order chi connectivity index (χ0) is 11.4. The summed E-state index contributed by atoms with van der Waals surface area (Å²) >= 11 is 6.00. The van der Waals surface area contributed by atoms with Crippen molar-refractivity contribution < 1.29 is 4.79 Å². The number of Topliss-reactive ketones (excluding diaryl/α,β-unsaturated/α-hetero) is 1. The van der Waals surface area contributed by atoms with Crippen LogP contribution in [0, 0.1) is 5.92 Å². The van der Waals surface area contributed by atoms with E-state index in [2.05, 4.69) is 4.98 Å². The number of pyridine rings is 1. The van der Waals surface area contributed by atoms with Crippen LogP contribution in [0.4, 0.5) is 0 Å². The van der Waals surface area contributed by atoms with Gasteiger partial charge < -0.3 is 0 Å². The minimum Gasteiger partial charge on any atom is -0.294 e. The fraction of sp³-hybridized carbons (Fsp3) is 0.538. The van der Waals surface area contributed by atoms with E-state index < -0.39 is 0 Å². The topological polar surface area (TPSA) is 30.0 Å². The van der Waals surface area contributed by atoms with E-state index >= 15 is 0 Å². The van der Waals surface area contributed by atoms with Crippen LogP contribution in [0.3, 0.4) is 0 Å². The standard InChI is InChI=1S/C13H16ClNO/c14-12-9-15-8-7-11(12)13(16)10-5-3-1-2-4-6-10/h7-10H,1-6H2. The van der Waals surface area contributed by atoms with Crippen molar-refractivity contribution in [2.75, 3.05) is 0 Å². The summed E-state index contributed by atoms with van der Waals surface area (Å²) in [6.07, 6.45) is 10.1. The summed E-state index contributed by atoms with van der Waals surface area (Å²) in [5.74, 6) is 0.372. The molecule has 0 radical (unpaired) electrons. The molecule has 0 bridgehead atoms. The lowest BCUT2D eigenvalue weighted by Crippen LogP contribution is -2.14. The molecule has 0 amide bonds. The number of nitrogens with zero attached hydrogens (tertiary/aromatic N) is 1. The lowest BCUT2D eigenvalue weighted by Gasteiger charge is -2.13. The Morgan fingerprint density at radius 1 is 1.25 bits per heavy atom. The molecular weight excluding hydrogens is 222 g/mol. The Morgan fingerprint density at radius 2 is 1.94 bits per heavy atom. The quantitative estimate of drug-likeness (QED) is 0.577. The van der Waals surface area contributed by atoms with E-state index in [4.69, 9.17) is 11.6 Å². The first-order valence-electron chi connectivity index (χ1n) is 5.93. The summed E-state index contributed by atoms with van der Waals surface area (Å²) in [6.45, 7) is 0. The van der Waals surface area contributed by atoms with E-state index in [9.17, 15) is 4.79 Å². The van der Waals surface area contributed by atoms with Gasteiger partial charge in [0.25, 0.3) is 0 Å². The molecule has 0 unspecified atom stereocenters. The van der Waals surface area contributed by atoms with Gasteiger partial charge in [-0.3, -0.25) is 9.78 Å². The van der Waals surface area contributed by atoms with Gasteiger partial charge in [0.05, 0.1) is 5.02 Å². The molecule has 1 aromatic rings. The summed E-state index contributed by atoms with van der Waals surface area (Å²) in [5, 5.41) is 0.483. The van der Waals surface area contributed by atoms with Crippen LogP contribution >= 0.6 is 11.6 Å². The van der Waals surface area contributed by atoms with Crippen molar-refractivity contribution in [3.8, 4) is 0 Å². The second-order valence-electron chi connectivity index (χ2n) is 4.41. The highest BCUT2D eigenvalue weighted by atomic mass is 35.5. The first-order valence-corrected chi connectivity index (χ1v) is 6.30. The van der Waals surface area contributed by atoms with Crippen molar-refractivity contribution in [2.45, 2.75) is 38.5 Å². The van der Waals surface area contributed by atoms with Gasteiger partial charge in [0.2, 0.25) is 0 Å². The molecule has 1 saturated carbocycles. The Labute approximate surface area is 101 Å². The van der Waals surface area contributed by atoms with Gasteiger partial charge in [0.15, 0.2) is 5.78 Å². The van der Waals surface area contributed by atoms with E-state index in [1.165, 1.54) is 25.7 Å². The van der Waals surface area contributed by atoms with E-state index in [-0.39, 0.29) is 11.7 Å². The van der Waals surface area contributed by atoms with Gasteiger partial charge >= 0.3 is 0 Å². The number of carbonyl (C=O) groups excluding carboxylic acids is 1. The third-order valence-corrected chi connectivity index (χ3v) is 3.57. The molecule has 1 fully saturated rings. The van der Waals surface area contributed by atoms with Gasteiger partial charge in [0.1, 0.15) is 0 Å². The predicted molar refractivity (Wildman–Crippen MR) is 64.8 cm³/mol. The summed E-state index contributed by atoms with van der Waals surface area (Å²) in [7, 11) is 0. The molecule has 86 valence electrons. The number of rotatable bonds is 2. The lowest BCUT2D eigenvalue weighted by atomic mass is 9.91. The van der Waals surface area contributed by atoms with E-state index in [1.807, 2.05) is 0 Å². The maximum absolute atomic E-state index is 12.3. The van der Waals surface area contributed by atoms with Crippen LogP contribution in [0.1, 0.15) is 48.9 Å². The first-order chi connectivity index (χ1) is 7.79. The molecule has 1 aromatic heterocycles. The normalized spacial score (nSPS) is 18.1. The maximum Gasteiger partial charge on any atom is 0.167 e. The van der Waals surface area contributed by atoms with Gasteiger partial charge in [-0.05, 0) is 18.9 Å². The van der Waals surface area contributed by atoms with Crippen LogP contribution < -0.4 is 0 Å². The summed E-state index contributed by atoms with van der Waals surface area (Å²) < 4.78 is 0. The third-order valence-electron chi connectivity index (χ3n) is 3.26. The smallest absolute Gasteiger partial charge is 0.167 e. The largest absolute Gasteiger partial charge is 0.294 e. The molecule has 0 aliphatic heterocycles. The molecule has 2 rings (SSSR count). The fourth-order valence-electron chi connectivity index (χ4n) is 2.34. The average molecular weight is 238 g/mol. The number of hydrogen-bond donors (Lipinski definition) is 0. The zero-order valence-electron chi connectivity index (χ0n) is 9.29. The Morgan fingerprint density at radius 3 is 2.56 bits per heavy atom. The molecule has 0 aromatic carbocycles. The minimum atomic E-state index is 0.169. The average Bonchev–Trinajstić information content (AvgIpc) is 2.57. The van der Waals surface area contributed by atoms with E-state index in [1.54, 1.807) is 18.5 Å². The van der Waals surface area contributed by atoms with Crippen LogP contribution in [0.2, 0.25) is 5.02 Å². The Kier molecular flexibility index (Phi) is 3.94. The number of halogens is 1. The lowest BCUT2D eigenvalue weighted by molar-refractivity contribution is 0.0908. The van der Waals surface area contributed by atoms with Crippen LogP contribution in [0.25, 0.3) is 0 Å². The van der Waals surface area contributed by atoms with Crippen LogP contribution in [-0.2, 0) is 0 Å². The Balaban J connectivity index is 2.14. The van der Waals surface area contributed by atoms with Gasteiger partial charge in [-0.25, -0.2) is 0 Å². The highest BCUT2D eigenvalue weighted by molar-refractivity contribution is 6.33. The number of aromatic nitrogens is 1. The van der Waals surface area contributed by atoms with Gasteiger partial charge in [-0.15, -0.1) is 0 Å².